The summed E-state index contributed by atoms with van der Waals surface area (Å²) in [5.41, 5.74) is 0.527. The summed E-state index contributed by atoms with van der Waals surface area (Å²) in [6.07, 6.45) is 3.09. The monoisotopic (exact) mass is 415 g/mol. The van der Waals surface area contributed by atoms with Gasteiger partial charge in [0.15, 0.2) is 11.5 Å². The van der Waals surface area contributed by atoms with E-state index in [1.807, 2.05) is 25.7 Å². The Morgan fingerprint density at radius 1 is 1.03 bits per heavy atom. The molecule has 1 fully saturated rings. The standard InChI is InChI=1S/C22H29N3O5/c1-4-27-18-14-16(15-19(28-5-2)21(18)29-6-3)22(26)25-12-9-17(10-13-25)30-20-8-7-11-23-24-20/h7-8,11,14-15,17H,4-6,9-10,12-13H2,1-3H3. The fourth-order valence-electron chi connectivity index (χ4n) is 3.39. The minimum atomic E-state index is -0.0575. The molecule has 1 saturated heterocycles. The summed E-state index contributed by atoms with van der Waals surface area (Å²) in [7, 11) is 0. The van der Waals surface area contributed by atoms with Crippen LogP contribution in [0.3, 0.4) is 0 Å². The van der Waals surface area contributed by atoms with Crippen molar-refractivity contribution in [1.29, 1.82) is 0 Å². The number of piperidine rings is 1. The number of aromatic nitrogens is 2. The second kappa shape index (κ2) is 10.7. The highest BCUT2D eigenvalue weighted by Gasteiger charge is 2.27. The second-order valence-electron chi connectivity index (χ2n) is 6.77. The van der Waals surface area contributed by atoms with E-state index in [-0.39, 0.29) is 12.0 Å². The Kier molecular flexibility index (Phi) is 7.70. The molecule has 0 atom stereocenters. The van der Waals surface area contributed by atoms with Crippen molar-refractivity contribution in [3.63, 3.8) is 0 Å². The van der Waals surface area contributed by atoms with Gasteiger partial charge in [-0.2, -0.15) is 5.10 Å². The van der Waals surface area contributed by atoms with Gasteiger partial charge in [0.25, 0.3) is 5.91 Å². The molecule has 1 aromatic carbocycles. The van der Waals surface area contributed by atoms with Crippen LogP contribution in [0.25, 0.3) is 0 Å². The lowest BCUT2D eigenvalue weighted by molar-refractivity contribution is 0.0585. The fourth-order valence-corrected chi connectivity index (χ4v) is 3.39. The molecule has 8 heteroatoms. The van der Waals surface area contributed by atoms with Crippen molar-refractivity contribution in [3.05, 3.63) is 36.0 Å². The van der Waals surface area contributed by atoms with Crippen LogP contribution in [0.4, 0.5) is 0 Å². The van der Waals surface area contributed by atoms with Crippen LogP contribution in [0.1, 0.15) is 44.0 Å². The molecule has 30 heavy (non-hydrogen) atoms. The first-order valence-electron chi connectivity index (χ1n) is 10.5. The maximum absolute atomic E-state index is 13.2. The third-order valence-corrected chi connectivity index (χ3v) is 4.72. The third kappa shape index (κ3) is 5.31. The number of ether oxygens (including phenoxy) is 4. The summed E-state index contributed by atoms with van der Waals surface area (Å²) in [5.74, 6) is 2.03. The Balaban J connectivity index is 1.71. The molecular weight excluding hydrogens is 386 g/mol. The Morgan fingerprint density at radius 3 is 2.20 bits per heavy atom. The molecule has 2 aromatic rings. The maximum Gasteiger partial charge on any atom is 0.254 e. The molecule has 1 aliphatic rings. The zero-order valence-corrected chi connectivity index (χ0v) is 17.8. The van der Waals surface area contributed by atoms with Crippen LogP contribution in [-0.2, 0) is 0 Å². The van der Waals surface area contributed by atoms with Gasteiger partial charge in [-0.15, -0.1) is 5.10 Å². The minimum absolute atomic E-state index is 0.0176. The summed E-state index contributed by atoms with van der Waals surface area (Å²) in [5, 5.41) is 7.79. The number of rotatable bonds is 9. The number of likely N-dealkylation sites (tertiary alicyclic amines) is 1. The maximum atomic E-state index is 13.2. The lowest BCUT2D eigenvalue weighted by Gasteiger charge is -2.32. The number of benzene rings is 1. The number of hydrogen-bond acceptors (Lipinski definition) is 7. The predicted octanol–water partition coefficient (Wildman–Crippen LogP) is 3.36. The molecule has 162 valence electrons. The Bertz CT molecular complexity index is 796. The second-order valence-corrected chi connectivity index (χ2v) is 6.77. The van der Waals surface area contributed by atoms with Gasteiger partial charge in [0.2, 0.25) is 11.6 Å². The van der Waals surface area contributed by atoms with Crippen LogP contribution in [0.15, 0.2) is 30.5 Å². The van der Waals surface area contributed by atoms with E-state index in [1.165, 1.54) is 0 Å². The summed E-state index contributed by atoms with van der Waals surface area (Å²) in [6.45, 7) is 8.31. The molecule has 0 aliphatic carbocycles. The highest BCUT2D eigenvalue weighted by molar-refractivity contribution is 5.95. The largest absolute Gasteiger partial charge is 0.490 e. The summed E-state index contributed by atoms with van der Waals surface area (Å²) < 4.78 is 23.0. The molecular formula is C22H29N3O5. The van der Waals surface area contributed by atoms with Crippen LogP contribution in [0.5, 0.6) is 23.1 Å². The number of carbonyl (C=O) groups is 1. The molecule has 0 spiro atoms. The minimum Gasteiger partial charge on any atom is -0.490 e. The molecule has 0 N–H and O–H groups in total. The normalized spacial score (nSPS) is 14.3. The smallest absolute Gasteiger partial charge is 0.254 e. The molecule has 3 rings (SSSR count). The van der Waals surface area contributed by atoms with E-state index in [0.29, 0.717) is 61.6 Å². The van der Waals surface area contributed by atoms with Crippen LogP contribution >= 0.6 is 0 Å². The van der Waals surface area contributed by atoms with E-state index in [2.05, 4.69) is 10.2 Å². The van der Waals surface area contributed by atoms with Crippen LogP contribution in [-0.4, -0.2) is 60.0 Å². The van der Waals surface area contributed by atoms with Gasteiger partial charge in [0.1, 0.15) is 6.10 Å². The van der Waals surface area contributed by atoms with Crippen molar-refractivity contribution < 1.29 is 23.7 Å². The molecule has 1 amide bonds. The first kappa shape index (κ1) is 21.7. The van der Waals surface area contributed by atoms with E-state index >= 15 is 0 Å². The van der Waals surface area contributed by atoms with Crippen molar-refractivity contribution in [3.8, 4) is 23.1 Å². The van der Waals surface area contributed by atoms with Crippen molar-refractivity contribution in [2.45, 2.75) is 39.7 Å². The van der Waals surface area contributed by atoms with Gasteiger partial charge in [-0.1, -0.05) is 0 Å². The van der Waals surface area contributed by atoms with E-state index in [9.17, 15) is 4.79 Å². The molecule has 0 radical (unpaired) electrons. The third-order valence-electron chi connectivity index (χ3n) is 4.72. The summed E-state index contributed by atoms with van der Waals surface area (Å²) in [4.78, 5) is 15.0. The highest BCUT2D eigenvalue weighted by atomic mass is 16.5. The van der Waals surface area contributed by atoms with Gasteiger partial charge in [-0.3, -0.25) is 4.79 Å². The van der Waals surface area contributed by atoms with E-state index in [4.69, 9.17) is 18.9 Å². The average molecular weight is 415 g/mol. The Labute approximate surface area is 177 Å². The number of hydrogen-bond donors (Lipinski definition) is 0. The Morgan fingerprint density at radius 2 is 1.67 bits per heavy atom. The predicted molar refractivity (Wildman–Crippen MR) is 112 cm³/mol. The van der Waals surface area contributed by atoms with E-state index in [1.54, 1.807) is 30.5 Å². The number of nitrogens with zero attached hydrogens (tertiary/aromatic N) is 3. The van der Waals surface area contributed by atoms with Gasteiger partial charge in [-0.25, -0.2) is 0 Å². The summed E-state index contributed by atoms with van der Waals surface area (Å²) >= 11 is 0. The van der Waals surface area contributed by atoms with Crippen molar-refractivity contribution >= 4 is 5.91 Å². The summed E-state index contributed by atoms with van der Waals surface area (Å²) in [6, 6.07) is 7.05. The molecule has 1 aromatic heterocycles. The van der Waals surface area contributed by atoms with Gasteiger partial charge in [0, 0.05) is 43.8 Å². The SMILES string of the molecule is CCOc1cc(C(=O)N2CCC(Oc3cccnn3)CC2)cc(OCC)c1OCC. The van der Waals surface area contributed by atoms with E-state index in [0.717, 1.165) is 12.8 Å². The zero-order valence-electron chi connectivity index (χ0n) is 17.8. The molecule has 0 unspecified atom stereocenters. The number of carbonyl (C=O) groups excluding carboxylic acids is 1. The number of amides is 1. The van der Waals surface area contributed by atoms with Gasteiger partial charge < -0.3 is 23.8 Å². The molecule has 2 heterocycles. The molecule has 0 saturated carbocycles. The Hall–Kier alpha value is -3.03. The van der Waals surface area contributed by atoms with Gasteiger partial charge in [0.05, 0.1) is 19.8 Å². The van der Waals surface area contributed by atoms with Crippen LogP contribution in [0, 0.1) is 0 Å². The fraction of sp³-hybridized carbons (Fsp3) is 0.500. The van der Waals surface area contributed by atoms with Crippen LogP contribution in [0.2, 0.25) is 0 Å². The lowest BCUT2D eigenvalue weighted by Crippen LogP contribution is -2.41. The highest BCUT2D eigenvalue weighted by Crippen LogP contribution is 2.39. The first-order valence-corrected chi connectivity index (χ1v) is 10.5. The average Bonchev–Trinajstić information content (AvgIpc) is 2.77. The van der Waals surface area contributed by atoms with Crippen molar-refractivity contribution in [2.24, 2.45) is 0 Å². The van der Waals surface area contributed by atoms with Crippen LogP contribution < -0.4 is 18.9 Å². The van der Waals surface area contributed by atoms with Crippen molar-refractivity contribution in [2.75, 3.05) is 32.9 Å². The molecule has 0 bridgehead atoms. The van der Waals surface area contributed by atoms with Gasteiger partial charge >= 0.3 is 0 Å². The quantitative estimate of drug-likeness (QED) is 0.621. The zero-order chi connectivity index (χ0) is 21.3. The molecule has 1 aliphatic heterocycles. The lowest BCUT2D eigenvalue weighted by atomic mass is 10.1. The topological polar surface area (TPSA) is 83.0 Å². The van der Waals surface area contributed by atoms with Gasteiger partial charge in [-0.05, 0) is 39.0 Å². The van der Waals surface area contributed by atoms with E-state index < -0.39 is 0 Å². The van der Waals surface area contributed by atoms with Crippen molar-refractivity contribution in [1.82, 2.24) is 15.1 Å². The first-order chi connectivity index (χ1) is 14.7. The molecule has 8 nitrogen and oxygen atoms in total.